The third-order valence-corrected chi connectivity index (χ3v) is 8.37. The molecule has 0 radical (unpaired) electrons. The number of nitrogens with zero attached hydrogens (tertiary/aromatic N) is 1. The van der Waals surface area contributed by atoms with E-state index in [2.05, 4.69) is 15.5 Å². The Labute approximate surface area is 191 Å². The van der Waals surface area contributed by atoms with Gasteiger partial charge in [-0.3, -0.25) is 9.69 Å². The third-order valence-electron chi connectivity index (χ3n) is 8.05. The molecule has 2 bridgehead atoms. The zero-order valence-corrected chi connectivity index (χ0v) is 19.4. The van der Waals surface area contributed by atoms with Gasteiger partial charge in [0.15, 0.2) is 0 Å². The van der Waals surface area contributed by atoms with Gasteiger partial charge in [0.1, 0.15) is 5.75 Å². The average molecular weight is 446 g/mol. The maximum atomic E-state index is 13.1. The number of halogens is 1. The number of benzene rings is 1. The van der Waals surface area contributed by atoms with Gasteiger partial charge in [0.2, 0.25) is 0 Å². The quantitative estimate of drug-likeness (QED) is 0.623. The fraction of sp³-hybridized carbons (Fsp3) is 0.720. The molecule has 3 saturated carbocycles. The van der Waals surface area contributed by atoms with E-state index >= 15 is 0 Å². The molecule has 5 rings (SSSR count). The Morgan fingerprint density at radius 2 is 1.81 bits per heavy atom. The number of hydrogen-bond donors (Lipinski definition) is 2. The highest BCUT2D eigenvalue weighted by molar-refractivity contribution is 6.33. The van der Waals surface area contributed by atoms with Crippen LogP contribution >= 0.6 is 11.6 Å². The fourth-order valence-corrected chi connectivity index (χ4v) is 6.52. The molecule has 1 heterocycles. The van der Waals surface area contributed by atoms with Crippen molar-refractivity contribution in [3.8, 4) is 5.75 Å². The number of carbonyl (C=O) groups excluding carboxylic acids is 1. The summed E-state index contributed by atoms with van der Waals surface area (Å²) in [6.07, 6.45) is 12.0. The minimum absolute atomic E-state index is 0.0804. The van der Waals surface area contributed by atoms with Gasteiger partial charge >= 0.3 is 0 Å². The summed E-state index contributed by atoms with van der Waals surface area (Å²) < 4.78 is 5.55. The molecule has 4 aliphatic rings. The fourth-order valence-electron chi connectivity index (χ4n) is 6.29. The molecule has 1 aromatic carbocycles. The van der Waals surface area contributed by atoms with Crippen LogP contribution in [0.3, 0.4) is 0 Å². The largest absolute Gasteiger partial charge is 0.496 e. The number of nitrogens with one attached hydrogen (secondary N) is 2. The van der Waals surface area contributed by atoms with E-state index in [4.69, 9.17) is 16.3 Å². The lowest BCUT2D eigenvalue weighted by atomic mass is 9.68. The molecule has 6 heteroatoms. The highest BCUT2D eigenvalue weighted by atomic mass is 35.5. The number of hydrogen-bond acceptors (Lipinski definition) is 4. The Balaban J connectivity index is 1.22. The summed E-state index contributed by atoms with van der Waals surface area (Å²) in [7, 11) is 1.61. The Morgan fingerprint density at radius 1 is 1.10 bits per heavy atom. The number of methoxy groups -OCH3 is 1. The molecule has 1 aliphatic heterocycles. The number of likely N-dealkylation sites (tertiary alicyclic amines) is 1. The second kappa shape index (κ2) is 9.19. The van der Waals surface area contributed by atoms with Crippen molar-refractivity contribution in [2.45, 2.75) is 69.9 Å². The molecule has 2 N–H and O–H groups in total. The lowest BCUT2D eigenvalue weighted by Crippen LogP contribution is -2.50. The van der Waals surface area contributed by atoms with E-state index in [1.165, 1.54) is 51.4 Å². The van der Waals surface area contributed by atoms with Crippen LogP contribution in [-0.2, 0) is 0 Å². The van der Waals surface area contributed by atoms with E-state index in [1.54, 1.807) is 13.2 Å². The first kappa shape index (κ1) is 21.4. The van der Waals surface area contributed by atoms with Crippen molar-refractivity contribution in [3.63, 3.8) is 0 Å². The van der Waals surface area contributed by atoms with E-state index in [0.717, 1.165) is 55.5 Å². The molecule has 3 aliphatic carbocycles. The molecule has 5 nitrogen and oxygen atoms in total. The van der Waals surface area contributed by atoms with E-state index in [9.17, 15) is 4.79 Å². The molecule has 1 amide bonds. The first-order valence-electron chi connectivity index (χ1n) is 12.3. The predicted molar refractivity (Wildman–Crippen MR) is 125 cm³/mol. The van der Waals surface area contributed by atoms with Gasteiger partial charge in [0.25, 0.3) is 5.91 Å². The molecule has 1 saturated heterocycles. The van der Waals surface area contributed by atoms with Crippen LogP contribution in [0.2, 0.25) is 5.02 Å². The summed E-state index contributed by atoms with van der Waals surface area (Å²) in [5.41, 5.74) is 1.37. The molecule has 1 atom stereocenters. The van der Waals surface area contributed by atoms with Crippen LogP contribution in [0.4, 0.5) is 5.69 Å². The lowest BCUT2D eigenvalue weighted by Gasteiger charge is -2.47. The van der Waals surface area contributed by atoms with E-state index in [1.807, 2.05) is 6.07 Å². The van der Waals surface area contributed by atoms with Gasteiger partial charge in [-0.05, 0) is 68.8 Å². The second-order valence-corrected chi connectivity index (χ2v) is 10.6. The van der Waals surface area contributed by atoms with Crippen LogP contribution in [-0.4, -0.2) is 49.6 Å². The van der Waals surface area contributed by atoms with Crippen molar-refractivity contribution >= 4 is 23.2 Å². The summed E-state index contributed by atoms with van der Waals surface area (Å²) in [5, 5.41) is 7.25. The molecule has 31 heavy (non-hydrogen) atoms. The highest BCUT2D eigenvalue weighted by Gasteiger charge is 2.42. The van der Waals surface area contributed by atoms with Crippen LogP contribution in [0, 0.1) is 17.8 Å². The lowest BCUT2D eigenvalue weighted by molar-refractivity contribution is 0.0346. The van der Waals surface area contributed by atoms with Crippen molar-refractivity contribution < 1.29 is 9.53 Å². The summed E-state index contributed by atoms with van der Waals surface area (Å²) in [5.74, 6) is 2.99. The number of anilines is 1. The first-order valence-corrected chi connectivity index (χ1v) is 12.7. The molecule has 0 aromatic heterocycles. The van der Waals surface area contributed by atoms with Gasteiger partial charge < -0.3 is 15.4 Å². The van der Waals surface area contributed by atoms with Crippen molar-refractivity contribution in [1.29, 1.82) is 0 Å². The maximum Gasteiger partial charge on any atom is 0.255 e. The minimum atomic E-state index is -0.0804. The number of amides is 1. The zero-order chi connectivity index (χ0) is 21.4. The second-order valence-electron chi connectivity index (χ2n) is 10.2. The molecule has 1 unspecified atom stereocenters. The van der Waals surface area contributed by atoms with Crippen LogP contribution in [0.25, 0.3) is 0 Å². The van der Waals surface area contributed by atoms with Gasteiger partial charge in [0, 0.05) is 37.8 Å². The molecule has 4 fully saturated rings. The van der Waals surface area contributed by atoms with Gasteiger partial charge in [-0.2, -0.15) is 0 Å². The number of fused-ring (bicyclic) bond motifs is 2. The highest BCUT2D eigenvalue weighted by Crippen LogP contribution is 2.43. The topological polar surface area (TPSA) is 53.6 Å². The van der Waals surface area contributed by atoms with Crippen molar-refractivity contribution in [3.05, 3.63) is 22.7 Å². The predicted octanol–water partition coefficient (Wildman–Crippen LogP) is 4.94. The standard InChI is InChI=1S/C25H36ClN3O2/c1-31-23-13-22(27-14-16-8-9-16)21(26)12-20(23)25(30)28-19-10-11-29(15-19)24-17-4-2-5-18(24)7-3-6-17/h12-13,16-19,24,27H,2-11,14-15H2,1H3,(H,28,30). The summed E-state index contributed by atoms with van der Waals surface area (Å²) in [6, 6.07) is 4.56. The third kappa shape index (κ3) is 4.68. The van der Waals surface area contributed by atoms with Gasteiger partial charge in [-0.25, -0.2) is 0 Å². The van der Waals surface area contributed by atoms with Crippen LogP contribution < -0.4 is 15.4 Å². The Morgan fingerprint density at radius 3 is 2.45 bits per heavy atom. The molecule has 1 aromatic rings. The number of rotatable bonds is 7. The summed E-state index contributed by atoms with van der Waals surface area (Å²) in [6.45, 7) is 3.00. The van der Waals surface area contributed by atoms with Crippen molar-refractivity contribution in [1.82, 2.24) is 10.2 Å². The van der Waals surface area contributed by atoms with E-state index in [0.29, 0.717) is 16.3 Å². The summed E-state index contributed by atoms with van der Waals surface area (Å²) >= 11 is 6.50. The van der Waals surface area contributed by atoms with Gasteiger partial charge in [0.05, 0.1) is 23.4 Å². The van der Waals surface area contributed by atoms with Crippen LogP contribution in [0.1, 0.15) is 68.1 Å². The first-order chi connectivity index (χ1) is 15.1. The van der Waals surface area contributed by atoms with E-state index < -0.39 is 0 Å². The Kier molecular flexibility index (Phi) is 6.34. The number of carbonyl (C=O) groups is 1. The van der Waals surface area contributed by atoms with Crippen molar-refractivity contribution in [2.75, 3.05) is 32.1 Å². The van der Waals surface area contributed by atoms with E-state index in [-0.39, 0.29) is 11.9 Å². The van der Waals surface area contributed by atoms with Crippen LogP contribution in [0.15, 0.2) is 12.1 Å². The molecule has 170 valence electrons. The Bertz CT molecular complexity index is 790. The normalized spacial score (nSPS) is 30.8. The molecule has 0 spiro atoms. The van der Waals surface area contributed by atoms with Crippen molar-refractivity contribution in [2.24, 2.45) is 17.8 Å². The smallest absolute Gasteiger partial charge is 0.255 e. The SMILES string of the molecule is COc1cc(NCC2CC2)c(Cl)cc1C(=O)NC1CCN(C2C3CCCC2CCC3)C1. The average Bonchev–Trinajstić information content (AvgIpc) is 3.48. The summed E-state index contributed by atoms with van der Waals surface area (Å²) in [4.78, 5) is 15.8. The maximum absolute atomic E-state index is 13.1. The van der Waals surface area contributed by atoms with Gasteiger partial charge in [-0.15, -0.1) is 0 Å². The minimum Gasteiger partial charge on any atom is -0.496 e. The van der Waals surface area contributed by atoms with Gasteiger partial charge in [-0.1, -0.05) is 24.4 Å². The monoisotopic (exact) mass is 445 g/mol. The Hall–Kier alpha value is -1.46. The van der Waals surface area contributed by atoms with Crippen LogP contribution in [0.5, 0.6) is 5.75 Å². The molecular formula is C25H36ClN3O2. The zero-order valence-electron chi connectivity index (χ0n) is 18.7. The number of ether oxygens (including phenoxy) is 1. The molecular weight excluding hydrogens is 410 g/mol.